The topological polar surface area (TPSA) is 80.9 Å². The van der Waals surface area contributed by atoms with E-state index < -0.39 is 5.97 Å². The first-order valence-corrected chi connectivity index (χ1v) is 4.22. The Hall–Kier alpha value is -1.17. The maximum Gasteiger partial charge on any atom is 0.303 e. The highest BCUT2D eigenvalue weighted by Crippen LogP contribution is 2.17. The number of hydrogen-bond acceptors (Lipinski definition) is 4. The molecule has 0 aliphatic heterocycles. The number of nitrogens with zero attached hydrogens (tertiary/aromatic N) is 4. The van der Waals surface area contributed by atoms with Gasteiger partial charge in [0.15, 0.2) is 0 Å². The van der Waals surface area contributed by atoms with Crippen molar-refractivity contribution in [1.82, 2.24) is 20.2 Å². The largest absolute Gasteiger partial charge is 0.481 e. The first-order chi connectivity index (χ1) is 6.20. The third kappa shape index (κ3) is 3.37. The van der Waals surface area contributed by atoms with Crippen LogP contribution in [-0.2, 0) is 4.79 Å². The molecule has 1 atom stereocenters. The van der Waals surface area contributed by atoms with Gasteiger partial charge in [-0.05, 0) is 23.3 Å². The molecular formula is C6H9ClN4O2. The van der Waals surface area contributed by atoms with E-state index in [1.807, 2.05) is 0 Å². The predicted molar refractivity (Wildman–Crippen MR) is 44.2 cm³/mol. The molecule has 72 valence electrons. The van der Waals surface area contributed by atoms with Gasteiger partial charge in [-0.15, -0.1) is 5.10 Å². The van der Waals surface area contributed by atoms with Crippen molar-refractivity contribution in [3.05, 3.63) is 6.33 Å². The van der Waals surface area contributed by atoms with Crippen LogP contribution in [0.5, 0.6) is 0 Å². The highest BCUT2D eigenvalue weighted by molar-refractivity contribution is 6.18. The van der Waals surface area contributed by atoms with Gasteiger partial charge in [-0.2, -0.15) is 0 Å². The molecule has 1 rings (SSSR count). The van der Waals surface area contributed by atoms with E-state index in [0.29, 0.717) is 12.8 Å². The maximum absolute atomic E-state index is 10.2. The predicted octanol–water partition coefficient (Wildman–Crippen LogP) is 0.665. The zero-order valence-electron chi connectivity index (χ0n) is 6.80. The summed E-state index contributed by atoms with van der Waals surface area (Å²) in [7, 11) is 0. The molecule has 13 heavy (non-hydrogen) atoms. The first kappa shape index (κ1) is 9.91. The van der Waals surface area contributed by atoms with Crippen molar-refractivity contribution in [1.29, 1.82) is 0 Å². The minimum Gasteiger partial charge on any atom is -0.481 e. The monoisotopic (exact) mass is 204 g/mol. The number of halogens is 1. The van der Waals surface area contributed by atoms with E-state index in [2.05, 4.69) is 15.5 Å². The Bertz CT molecular complexity index is 264. The summed E-state index contributed by atoms with van der Waals surface area (Å²) in [6.07, 6.45) is 2.58. The molecule has 0 aromatic carbocycles. The van der Waals surface area contributed by atoms with Gasteiger partial charge in [0.05, 0.1) is 0 Å². The molecule has 0 spiro atoms. The van der Waals surface area contributed by atoms with Crippen molar-refractivity contribution in [2.45, 2.75) is 24.8 Å². The Morgan fingerprint density at radius 3 is 3.00 bits per heavy atom. The van der Waals surface area contributed by atoms with E-state index in [1.54, 1.807) is 0 Å². The van der Waals surface area contributed by atoms with Gasteiger partial charge in [0, 0.05) is 6.42 Å². The molecule has 0 aliphatic carbocycles. The Balaban J connectivity index is 2.26. The lowest BCUT2D eigenvalue weighted by Gasteiger charge is -2.05. The molecule has 1 aromatic rings. The summed E-state index contributed by atoms with van der Waals surface area (Å²) < 4.78 is 1.39. The highest BCUT2D eigenvalue weighted by Gasteiger charge is 2.08. The fourth-order valence-electron chi connectivity index (χ4n) is 0.851. The van der Waals surface area contributed by atoms with Gasteiger partial charge < -0.3 is 5.11 Å². The van der Waals surface area contributed by atoms with Gasteiger partial charge in [0.25, 0.3) is 0 Å². The third-order valence-electron chi connectivity index (χ3n) is 1.48. The van der Waals surface area contributed by atoms with E-state index in [1.165, 1.54) is 11.0 Å². The van der Waals surface area contributed by atoms with Crippen LogP contribution in [0.25, 0.3) is 0 Å². The molecule has 0 bridgehead atoms. The Kier molecular flexibility index (Phi) is 3.63. The van der Waals surface area contributed by atoms with E-state index in [0.717, 1.165) is 0 Å². The van der Waals surface area contributed by atoms with E-state index in [9.17, 15) is 4.79 Å². The van der Waals surface area contributed by atoms with Crippen molar-refractivity contribution in [2.24, 2.45) is 0 Å². The van der Waals surface area contributed by atoms with Crippen LogP contribution in [-0.4, -0.2) is 31.3 Å². The zero-order chi connectivity index (χ0) is 9.68. The zero-order valence-corrected chi connectivity index (χ0v) is 7.55. The third-order valence-corrected chi connectivity index (χ3v) is 1.90. The summed E-state index contributed by atoms with van der Waals surface area (Å²) in [6.45, 7) is 0. The average molecular weight is 205 g/mol. The molecule has 6 nitrogen and oxygen atoms in total. The van der Waals surface area contributed by atoms with Crippen molar-refractivity contribution in [3.63, 3.8) is 0 Å². The molecule has 0 saturated carbocycles. The van der Waals surface area contributed by atoms with Crippen LogP contribution in [0.1, 0.15) is 24.8 Å². The number of aromatic nitrogens is 4. The van der Waals surface area contributed by atoms with Gasteiger partial charge in [-0.3, -0.25) is 4.79 Å². The second-order valence-corrected chi connectivity index (χ2v) is 3.01. The average Bonchev–Trinajstić information content (AvgIpc) is 2.55. The summed E-state index contributed by atoms with van der Waals surface area (Å²) in [5, 5.41) is 18.8. The normalized spacial score (nSPS) is 12.7. The molecule has 0 radical (unpaired) electrons. The second kappa shape index (κ2) is 4.76. The lowest BCUT2D eigenvalue weighted by Crippen LogP contribution is -2.04. The molecule has 0 amide bonds. The number of aliphatic carboxylic acids is 1. The number of tetrazole rings is 1. The van der Waals surface area contributed by atoms with Crippen LogP contribution in [0, 0.1) is 0 Å². The van der Waals surface area contributed by atoms with Crippen LogP contribution >= 0.6 is 11.6 Å². The molecule has 0 fully saturated rings. The minimum absolute atomic E-state index is 0.116. The van der Waals surface area contributed by atoms with E-state index >= 15 is 0 Å². The Morgan fingerprint density at radius 1 is 1.69 bits per heavy atom. The summed E-state index contributed by atoms with van der Waals surface area (Å²) in [6, 6.07) is 0. The molecule has 1 aromatic heterocycles. The van der Waals surface area contributed by atoms with Gasteiger partial charge in [-0.1, -0.05) is 11.6 Å². The molecule has 7 heteroatoms. The van der Waals surface area contributed by atoms with Crippen molar-refractivity contribution >= 4 is 17.6 Å². The minimum atomic E-state index is -0.819. The number of carboxylic acids is 1. The number of rotatable bonds is 5. The fraction of sp³-hybridized carbons (Fsp3) is 0.667. The van der Waals surface area contributed by atoms with Gasteiger partial charge in [0.2, 0.25) is 0 Å². The van der Waals surface area contributed by atoms with E-state index in [4.69, 9.17) is 16.7 Å². The summed E-state index contributed by atoms with van der Waals surface area (Å²) in [5.41, 5.74) is -0.366. The van der Waals surface area contributed by atoms with Crippen LogP contribution < -0.4 is 0 Å². The van der Waals surface area contributed by atoms with Gasteiger partial charge in [-0.25, -0.2) is 4.68 Å². The van der Waals surface area contributed by atoms with Crippen molar-refractivity contribution < 1.29 is 9.90 Å². The SMILES string of the molecule is O=C(O)CCCC(Cl)n1cnnn1. The van der Waals surface area contributed by atoms with Crippen molar-refractivity contribution in [3.8, 4) is 0 Å². The number of carbonyl (C=O) groups is 1. The van der Waals surface area contributed by atoms with E-state index in [-0.39, 0.29) is 11.9 Å². The molecule has 1 unspecified atom stereocenters. The standard InChI is InChI=1S/C6H9ClN4O2/c7-5(2-1-3-6(12)13)11-4-8-9-10-11/h4-5H,1-3H2,(H,12,13). The molecule has 1 heterocycles. The quantitative estimate of drug-likeness (QED) is 0.713. The number of alkyl halides is 1. The molecular weight excluding hydrogens is 196 g/mol. The number of hydrogen-bond donors (Lipinski definition) is 1. The van der Waals surface area contributed by atoms with Crippen molar-refractivity contribution in [2.75, 3.05) is 0 Å². The van der Waals surface area contributed by atoms with Crippen LogP contribution in [0.4, 0.5) is 0 Å². The summed E-state index contributed by atoms with van der Waals surface area (Å²) in [4.78, 5) is 10.2. The lowest BCUT2D eigenvalue weighted by molar-refractivity contribution is -0.137. The molecule has 0 aliphatic rings. The Labute approximate surface area is 79.5 Å². The van der Waals surface area contributed by atoms with Crippen LogP contribution in [0.15, 0.2) is 6.33 Å². The van der Waals surface area contributed by atoms with Gasteiger partial charge in [0.1, 0.15) is 11.8 Å². The summed E-state index contributed by atoms with van der Waals surface area (Å²) >= 11 is 5.86. The maximum atomic E-state index is 10.2. The fourth-order valence-corrected chi connectivity index (χ4v) is 1.09. The van der Waals surface area contributed by atoms with Gasteiger partial charge >= 0.3 is 5.97 Å². The lowest BCUT2D eigenvalue weighted by atomic mass is 10.2. The van der Waals surface area contributed by atoms with Crippen LogP contribution in [0.3, 0.4) is 0 Å². The molecule has 0 saturated heterocycles. The first-order valence-electron chi connectivity index (χ1n) is 3.78. The molecule has 1 N–H and O–H groups in total. The summed E-state index contributed by atoms with van der Waals surface area (Å²) in [5.74, 6) is -0.819. The number of carboxylic acid groups (broad SMARTS) is 1. The second-order valence-electron chi connectivity index (χ2n) is 2.51. The Morgan fingerprint density at radius 2 is 2.46 bits per heavy atom. The smallest absolute Gasteiger partial charge is 0.303 e. The highest BCUT2D eigenvalue weighted by atomic mass is 35.5. The van der Waals surface area contributed by atoms with Crippen LogP contribution in [0.2, 0.25) is 0 Å².